The van der Waals surface area contributed by atoms with Crippen LogP contribution in [0.1, 0.15) is 64.5 Å². The Morgan fingerprint density at radius 1 is 1.19 bits per heavy atom. The monoisotopic (exact) mass is 655 g/mol. The molecule has 1 atom stereocenters. The van der Waals surface area contributed by atoms with Crippen molar-refractivity contribution < 1.29 is 27.8 Å². The first kappa shape index (κ1) is 33.3. The van der Waals surface area contributed by atoms with Gasteiger partial charge in [-0.15, -0.1) is 11.8 Å². The number of amides is 1. The summed E-state index contributed by atoms with van der Waals surface area (Å²) in [6.07, 6.45) is 0.732. The van der Waals surface area contributed by atoms with E-state index in [1.54, 1.807) is 37.4 Å². The Morgan fingerprint density at radius 3 is 2.35 bits per heavy atom. The third-order valence-electron chi connectivity index (χ3n) is 7.31. The van der Waals surface area contributed by atoms with Crippen molar-refractivity contribution in [3.63, 3.8) is 0 Å². The van der Waals surface area contributed by atoms with Crippen LogP contribution in [0.15, 0.2) is 40.2 Å². The summed E-state index contributed by atoms with van der Waals surface area (Å²) in [5.41, 5.74) is 0.281. The van der Waals surface area contributed by atoms with E-state index in [2.05, 4.69) is 11.7 Å². The fourth-order valence-corrected chi connectivity index (χ4v) is 6.72. The molecule has 2 aromatic rings. The zero-order valence-corrected chi connectivity index (χ0v) is 27.1. The van der Waals surface area contributed by atoms with Gasteiger partial charge >= 0.3 is 12.1 Å². The van der Waals surface area contributed by atoms with E-state index in [0.717, 1.165) is 16.6 Å². The molecule has 1 saturated carbocycles. The van der Waals surface area contributed by atoms with Gasteiger partial charge in [0.25, 0.3) is 5.92 Å². The maximum absolute atomic E-state index is 14.1. The second-order valence-corrected chi connectivity index (χ2v) is 13.7. The molecule has 0 spiro atoms. The highest BCUT2D eigenvalue weighted by Crippen LogP contribution is 2.50. The number of nitrogens with zero attached hydrogens (tertiary/aromatic N) is 3. The van der Waals surface area contributed by atoms with Gasteiger partial charge in [-0.1, -0.05) is 35.3 Å². The van der Waals surface area contributed by atoms with Gasteiger partial charge in [-0.05, 0) is 70.0 Å². The third-order valence-corrected chi connectivity index (χ3v) is 9.20. The number of ether oxygens (including phenoxy) is 2. The van der Waals surface area contributed by atoms with Crippen LogP contribution in [0.2, 0.25) is 10.0 Å². The number of halogens is 4. The van der Waals surface area contributed by atoms with Gasteiger partial charge in [0, 0.05) is 36.6 Å². The minimum Gasteiger partial charge on any atom is -0.469 e. The molecule has 234 valence electrons. The van der Waals surface area contributed by atoms with Crippen molar-refractivity contribution in [2.24, 2.45) is 10.9 Å². The number of piperidine rings is 1. The average molecular weight is 657 g/mol. The number of anilines is 2. The number of rotatable bonds is 10. The fraction of sp³-hybridized carbons (Fsp3) is 0.516. The molecule has 4 rings (SSSR count). The highest BCUT2D eigenvalue weighted by Gasteiger charge is 2.39. The first-order chi connectivity index (χ1) is 20.2. The zero-order chi connectivity index (χ0) is 31.5. The predicted octanol–water partition coefficient (Wildman–Crippen LogP) is 9.11. The molecule has 1 aliphatic carbocycles. The summed E-state index contributed by atoms with van der Waals surface area (Å²) >= 11 is 15.5. The minimum absolute atomic E-state index is 0.00472. The molecule has 12 heteroatoms. The maximum Gasteiger partial charge on any atom is 0.415 e. The van der Waals surface area contributed by atoms with Gasteiger partial charge in [-0.25, -0.2) is 13.6 Å². The first-order valence-corrected chi connectivity index (χ1v) is 15.9. The quantitative estimate of drug-likeness (QED) is 0.144. The summed E-state index contributed by atoms with van der Waals surface area (Å²) < 4.78 is 38.9. The molecular formula is C31H37Cl2F2N3O4S. The van der Waals surface area contributed by atoms with E-state index in [1.807, 2.05) is 24.3 Å². The summed E-state index contributed by atoms with van der Waals surface area (Å²) in [5.74, 6) is -1.58. The number of thioether (sulfide) groups is 1. The van der Waals surface area contributed by atoms with Crippen molar-refractivity contribution in [1.29, 1.82) is 0 Å². The fourth-order valence-electron chi connectivity index (χ4n) is 4.85. The Balaban J connectivity index is 1.85. The van der Waals surface area contributed by atoms with E-state index in [0.29, 0.717) is 11.3 Å². The molecule has 1 unspecified atom stereocenters. The molecule has 1 heterocycles. The van der Waals surface area contributed by atoms with Crippen LogP contribution in [-0.4, -0.2) is 56.3 Å². The standard InChI is InChI=1S/C31H37Cl2F2N3O4S/c1-30(2,3)42-29(40)38(24(17-25(39)41-5)20-8-10-21(11-9-20)43-18-19-6-7-19)28-23(36-4)16-22(32)27(26(28)33)37-14-12-31(34,35)13-15-37/h8-11,16,19,24H,4,6-7,12-15,17-18H2,1-3,5H3. The molecule has 7 nitrogen and oxygen atoms in total. The summed E-state index contributed by atoms with van der Waals surface area (Å²) in [7, 11) is 1.27. The second kappa shape index (κ2) is 13.6. The number of benzene rings is 2. The molecule has 0 N–H and O–H groups in total. The van der Waals surface area contributed by atoms with Gasteiger partial charge in [-0.3, -0.25) is 14.7 Å². The smallest absolute Gasteiger partial charge is 0.415 e. The molecule has 1 saturated heterocycles. The number of esters is 1. The van der Waals surface area contributed by atoms with Crippen LogP contribution < -0.4 is 9.80 Å². The van der Waals surface area contributed by atoms with Crippen molar-refractivity contribution in [2.75, 3.05) is 35.8 Å². The summed E-state index contributed by atoms with van der Waals surface area (Å²) in [5, 5.41) is 0.185. The topological polar surface area (TPSA) is 71.4 Å². The van der Waals surface area contributed by atoms with Crippen molar-refractivity contribution >= 4 is 70.8 Å². The van der Waals surface area contributed by atoms with E-state index < -0.39 is 29.6 Å². The van der Waals surface area contributed by atoms with Gasteiger partial charge in [-0.2, -0.15) is 0 Å². The van der Waals surface area contributed by atoms with Crippen molar-refractivity contribution in [2.45, 2.75) is 75.3 Å². The lowest BCUT2D eigenvalue weighted by atomic mass is 10.00. The van der Waals surface area contributed by atoms with Gasteiger partial charge in [0.1, 0.15) is 5.60 Å². The largest absolute Gasteiger partial charge is 0.469 e. The van der Waals surface area contributed by atoms with Crippen LogP contribution in [0.3, 0.4) is 0 Å². The maximum atomic E-state index is 14.1. The number of aliphatic imine (C=N–C) groups is 1. The van der Waals surface area contributed by atoms with Crippen LogP contribution in [0.4, 0.5) is 30.6 Å². The average Bonchev–Trinajstić information content (AvgIpc) is 3.77. The van der Waals surface area contributed by atoms with E-state index in [4.69, 9.17) is 32.7 Å². The predicted molar refractivity (Wildman–Crippen MR) is 170 cm³/mol. The van der Waals surface area contributed by atoms with Crippen LogP contribution in [-0.2, 0) is 14.3 Å². The lowest BCUT2D eigenvalue weighted by Gasteiger charge is -2.38. The molecule has 2 aromatic carbocycles. The number of alkyl halides is 2. The zero-order valence-electron chi connectivity index (χ0n) is 24.8. The highest BCUT2D eigenvalue weighted by atomic mass is 35.5. The Labute approximate surface area is 265 Å². The van der Waals surface area contributed by atoms with Gasteiger partial charge < -0.3 is 14.4 Å². The van der Waals surface area contributed by atoms with Gasteiger partial charge in [0.05, 0.1) is 46.7 Å². The van der Waals surface area contributed by atoms with E-state index in [1.165, 1.54) is 30.9 Å². The third kappa shape index (κ3) is 8.54. The van der Waals surface area contributed by atoms with Gasteiger partial charge in [0.2, 0.25) is 0 Å². The Kier molecular flexibility index (Phi) is 10.6. The highest BCUT2D eigenvalue weighted by molar-refractivity contribution is 7.99. The molecule has 1 aliphatic heterocycles. The molecule has 0 bridgehead atoms. The molecule has 2 fully saturated rings. The molecule has 0 radical (unpaired) electrons. The summed E-state index contributed by atoms with van der Waals surface area (Å²) in [4.78, 5) is 35.0. The van der Waals surface area contributed by atoms with Crippen molar-refractivity contribution in [3.05, 3.63) is 45.9 Å². The Hall–Kier alpha value is -2.56. The van der Waals surface area contributed by atoms with Crippen molar-refractivity contribution in [1.82, 2.24) is 0 Å². The number of carbonyl (C=O) groups is 2. The number of hydrogen-bond donors (Lipinski definition) is 0. The SMILES string of the molecule is C=Nc1cc(Cl)c(N2CCC(F)(F)CC2)c(Cl)c1N(C(=O)OC(C)(C)C)C(CC(=O)OC)c1ccc(SCC2CC2)cc1. The number of methoxy groups -OCH3 is 1. The molecule has 1 amide bonds. The van der Waals surface area contributed by atoms with Crippen LogP contribution >= 0.6 is 35.0 Å². The van der Waals surface area contributed by atoms with Crippen LogP contribution in [0.5, 0.6) is 0 Å². The van der Waals surface area contributed by atoms with Crippen LogP contribution in [0.25, 0.3) is 0 Å². The van der Waals surface area contributed by atoms with Gasteiger partial charge in [0.15, 0.2) is 0 Å². The Bertz CT molecular complexity index is 1340. The lowest BCUT2D eigenvalue weighted by molar-refractivity contribution is -0.141. The van der Waals surface area contributed by atoms with E-state index in [9.17, 15) is 18.4 Å². The number of hydrogen-bond acceptors (Lipinski definition) is 7. The van der Waals surface area contributed by atoms with Crippen LogP contribution in [0, 0.1) is 5.92 Å². The molecule has 0 aromatic heterocycles. The normalized spacial score (nSPS) is 17.3. The second-order valence-electron chi connectivity index (χ2n) is 11.9. The van der Waals surface area contributed by atoms with E-state index >= 15 is 0 Å². The number of carbonyl (C=O) groups excluding carboxylic acids is 2. The Morgan fingerprint density at radius 2 is 1.81 bits per heavy atom. The summed E-state index contributed by atoms with van der Waals surface area (Å²) in [6, 6.07) is 8.19. The van der Waals surface area contributed by atoms with E-state index in [-0.39, 0.29) is 53.8 Å². The minimum atomic E-state index is -2.79. The summed E-state index contributed by atoms with van der Waals surface area (Å²) in [6.45, 7) is 8.83. The first-order valence-electron chi connectivity index (χ1n) is 14.2. The molecule has 2 aliphatic rings. The lowest BCUT2D eigenvalue weighted by Crippen LogP contribution is -2.41. The molecular weight excluding hydrogens is 619 g/mol. The van der Waals surface area contributed by atoms with Crippen molar-refractivity contribution in [3.8, 4) is 0 Å². The molecule has 43 heavy (non-hydrogen) atoms.